The van der Waals surface area contributed by atoms with Crippen molar-refractivity contribution in [3.05, 3.63) is 24.3 Å². The number of carbonyl (C=O) groups excluding carboxylic acids is 2. The molecule has 1 aliphatic rings. The molecule has 21 heavy (non-hydrogen) atoms. The molecule has 0 aromatic heterocycles. The fourth-order valence-corrected chi connectivity index (χ4v) is 3.10. The van der Waals surface area contributed by atoms with E-state index in [1.807, 2.05) is 0 Å². The summed E-state index contributed by atoms with van der Waals surface area (Å²) < 4.78 is 24.0. The third kappa shape index (κ3) is 3.41. The van der Waals surface area contributed by atoms with Gasteiger partial charge in [0.25, 0.3) is 0 Å². The zero-order valence-electron chi connectivity index (χ0n) is 11.9. The van der Waals surface area contributed by atoms with Crippen LogP contribution in [0, 0.1) is 0 Å². The summed E-state index contributed by atoms with van der Waals surface area (Å²) in [6.07, 6.45) is 0.828. The molecule has 7 heteroatoms. The number of amides is 2. The molecule has 1 unspecified atom stereocenters. The maximum absolute atomic E-state index is 12.0. The van der Waals surface area contributed by atoms with E-state index in [1.54, 1.807) is 26.0 Å². The molecule has 0 spiro atoms. The molecule has 2 rings (SSSR count). The Bertz CT molecular complexity index is 650. The summed E-state index contributed by atoms with van der Waals surface area (Å²) in [5.74, 6) is -0.422. The van der Waals surface area contributed by atoms with Crippen LogP contribution in [0.4, 0.5) is 5.69 Å². The highest BCUT2D eigenvalue weighted by Gasteiger charge is 2.27. The SMILES string of the molecule is CC(C)S(=O)(=O)c1ccc(NC(=O)C2CCC(=O)N2)cc1. The Morgan fingerprint density at radius 2 is 1.90 bits per heavy atom. The number of hydrogen-bond acceptors (Lipinski definition) is 4. The first kappa shape index (κ1) is 15.5. The molecule has 1 atom stereocenters. The third-order valence-corrected chi connectivity index (χ3v) is 5.55. The van der Waals surface area contributed by atoms with Crippen LogP contribution in [0.5, 0.6) is 0 Å². The number of anilines is 1. The molecule has 6 nitrogen and oxygen atoms in total. The largest absolute Gasteiger partial charge is 0.344 e. The molecule has 1 heterocycles. The highest BCUT2D eigenvalue weighted by molar-refractivity contribution is 7.92. The monoisotopic (exact) mass is 310 g/mol. The van der Waals surface area contributed by atoms with Crippen LogP contribution in [-0.2, 0) is 19.4 Å². The number of hydrogen-bond donors (Lipinski definition) is 2. The van der Waals surface area contributed by atoms with Crippen LogP contribution in [0.15, 0.2) is 29.2 Å². The molecular weight excluding hydrogens is 292 g/mol. The molecule has 0 saturated carbocycles. The van der Waals surface area contributed by atoms with Crippen molar-refractivity contribution in [1.82, 2.24) is 5.32 Å². The van der Waals surface area contributed by atoms with Crippen molar-refractivity contribution in [3.8, 4) is 0 Å². The van der Waals surface area contributed by atoms with Crippen molar-refractivity contribution in [2.75, 3.05) is 5.32 Å². The van der Waals surface area contributed by atoms with E-state index in [0.29, 0.717) is 18.5 Å². The summed E-state index contributed by atoms with van der Waals surface area (Å²) in [5.41, 5.74) is 0.504. The second-order valence-electron chi connectivity index (χ2n) is 5.27. The molecule has 0 radical (unpaired) electrons. The molecule has 1 aromatic carbocycles. The molecule has 1 fully saturated rings. The van der Waals surface area contributed by atoms with Gasteiger partial charge in [-0.15, -0.1) is 0 Å². The van der Waals surface area contributed by atoms with E-state index in [4.69, 9.17) is 0 Å². The smallest absolute Gasteiger partial charge is 0.246 e. The van der Waals surface area contributed by atoms with Crippen LogP contribution in [0.1, 0.15) is 26.7 Å². The van der Waals surface area contributed by atoms with Crippen LogP contribution in [0.2, 0.25) is 0 Å². The van der Waals surface area contributed by atoms with Gasteiger partial charge in [0.15, 0.2) is 9.84 Å². The summed E-state index contributed by atoms with van der Waals surface area (Å²) in [4.78, 5) is 23.2. The summed E-state index contributed by atoms with van der Waals surface area (Å²) >= 11 is 0. The zero-order chi connectivity index (χ0) is 15.6. The normalized spacial score (nSPS) is 18.6. The number of benzene rings is 1. The molecule has 0 bridgehead atoms. The van der Waals surface area contributed by atoms with Gasteiger partial charge < -0.3 is 10.6 Å². The minimum atomic E-state index is -3.31. The Morgan fingerprint density at radius 3 is 2.38 bits per heavy atom. The van der Waals surface area contributed by atoms with Crippen molar-refractivity contribution >= 4 is 27.3 Å². The fraction of sp³-hybridized carbons (Fsp3) is 0.429. The number of rotatable bonds is 4. The van der Waals surface area contributed by atoms with Gasteiger partial charge in [-0.05, 0) is 44.5 Å². The van der Waals surface area contributed by atoms with E-state index >= 15 is 0 Å². The Kier molecular flexibility index (Phi) is 4.32. The Balaban J connectivity index is 2.06. The van der Waals surface area contributed by atoms with Gasteiger partial charge in [0.2, 0.25) is 11.8 Å². The van der Waals surface area contributed by atoms with E-state index < -0.39 is 21.1 Å². The maximum Gasteiger partial charge on any atom is 0.246 e. The third-order valence-electron chi connectivity index (χ3n) is 3.38. The van der Waals surface area contributed by atoms with E-state index in [0.717, 1.165) is 0 Å². The second-order valence-corrected chi connectivity index (χ2v) is 7.77. The topological polar surface area (TPSA) is 92.3 Å². The van der Waals surface area contributed by atoms with E-state index in [9.17, 15) is 18.0 Å². The number of nitrogens with one attached hydrogen (secondary N) is 2. The molecular formula is C14H18N2O4S. The van der Waals surface area contributed by atoms with Gasteiger partial charge in [0.1, 0.15) is 6.04 Å². The predicted molar refractivity (Wildman–Crippen MR) is 78.6 cm³/mol. The van der Waals surface area contributed by atoms with Gasteiger partial charge in [-0.2, -0.15) is 0 Å². The molecule has 1 aromatic rings. The molecule has 1 saturated heterocycles. The van der Waals surface area contributed by atoms with Gasteiger partial charge in [-0.3, -0.25) is 9.59 Å². The van der Waals surface area contributed by atoms with E-state index in [2.05, 4.69) is 10.6 Å². The average molecular weight is 310 g/mol. The predicted octanol–water partition coefficient (Wildman–Crippen LogP) is 1.09. The maximum atomic E-state index is 12.0. The van der Waals surface area contributed by atoms with Gasteiger partial charge in [0, 0.05) is 12.1 Å². The van der Waals surface area contributed by atoms with Crippen molar-refractivity contribution in [2.45, 2.75) is 42.9 Å². The summed E-state index contributed by atoms with van der Waals surface area (Å²) in [6, 6.07) is 5.51. The van der Waals surface area contributed by atoms with Crippen LogP contribution in [0.25, 0.3) is 0 Å². The first-order valence-electron chi connectivity index (χ1n) is 6.75. The number of carbonyl (C=O) groups is 2. The minimum Gasteiger partial charge on any atom is -0.344 e. The Hall–Kier alpha value is -1.89. The molecule has 114 valence electrons. The van der Waals surface area contributed by atoms with Gasteiger partial charge in [-0.1, -0.05) is 0 Å². The molecule has 1 aliphatic heterocycles. The van der Waals surface area contributed by atoms with Crippen molar-refractivity contribution < 1.29 is 18.0 Å². The van der Waals surface area contributed by atoms with Gasteiger partial charge >= 0.3 is 0 Å². The lowest BCUT2D eigenvalue weighted by Crippen LogP contribution is -2.37. The number of sulfone groups is 1. The first-order chi connectivity index (χ1) is 9.80. The first-order valence-corrected chi connectivity index (χ1v) is 8.29. The second kappa shape index (κ2) is 5.85. The highest BCUT2D eigenvalue weighted by Crippen LogP contribution is 2.19. The highest BCUT2D eigenvalue weighted by atomic mass is 32.2. The standard InChI is InChI=1S/C14H18N2O4S/c1-9(2)21(19,20)11-5-3-10(4-6-11)15-14(18)12-7-8-13(17)16-12/h3-6,9,12H,7-8H2,1-2H3,(H,15,18)(H,16,17). The Morgan fingerprint density at radius 1 is 1.29 bits per heavy atom. The van der Waals surface area contributed by atoms with Crippen LogP contribution >= 0.6 is 0 Å². The molecule has 0 aliphatic carbocycles. The fourth-order valence-electron chi connectivity index (χ4n) is 2.04. The van der Waals surface area contributed by atoms with Crippen LogP contribution < -0.4 is 10.6 Å². The average Bonchev–Trinajstić information content (AvgIpc) is 2.86. The van der Waals surface area contributed by atoms with Crippen LogP contribution in [0.3, 0.4) is 0 Å². The minimum absolute atomic E-state index is 0.131. The quantitative estimate of drug-likeness (QED) is 0.870. The Labute approximate surface area is 123 Å². The van der Waals surface area contributed by atoms with Crippen LogP contribution in [-0.4, -0.2) is 31.5 Å². The van der Waals surface area contributed by atoms with Crippen molar-refractivity contribution in [3.63, 3.8) is 0 Å². The van der Waals surface area contributed by atoms with E-state index in [-0.39, 0.29) is 16.7 Å². The van der Waals surface area contributed by atoms with E-state index in [1.165, 1.54) is 12.1 Å². The lowest BCUT2D eigenvalue weighted by atomic mass is 10.2. The zero-order valence-corrected chi connectivity index (χ0v) is 12.7. The molecule has 2 N–H and O–H groups in total. The van der Waals surface area contributed by atoms with Crippen molar-refractivity contribution in [1.29, 1.82) is 0 Å². The summed E-state index contributed by atoms with van der Waals surface area (Å²) in [5, 5.41) is 4.75. The summed E-state index contributed by atoms with van der Waals surface area (Å²) in [6.45, 7) is 3.24. The lowest BCUT2D eigenvalue weighted by Gasteiger charge is -2.12. The van der Waals surface area contributed by atoms with Gasteiger partial charge in [0.05, 0.1) is 10.1 Å². The summed E-state index contributed by atoms with van der Waals surface area (Å²) in [7, 11) is -3.31. The van der Waals surface area contributed by atoms with Gasteiger partial charge in [-0.25, -0.2) is 8.42 Å². The van der Waals surface area contributed by atoms with Crippen molar-refractivity contribution in [2.24, 2.45) is 0 Å². The molecule has 2 amide bonds. The lowest BCUT2D eigenvalue weighted by molar-refractivity contribution is -0.122.